The van der Waals surface area contributed by atoms with Gasteiger partial charge in [0.25, 0.3) is 0 Å². The molecule has 0 bridgehead atoms. The first kappa shape index (κ1) is 12.2. The number of hydrogen-bond acceptors (Lipinski definition) is 2. The van der Waals surface area contributed by atoms with E-state index in [1.807, 2.05) is 12.4 Å². The second-order valence-corrected chi connectivity index (χ2v) is 5.42. The van der Waals surface area contributed by atoms with Gasteiger partial charge in [-0.2, -0.15) is 0 Å². The molecule has 0 aromatic carbocycles. The summed E-state index contributed by atoms with van der Waals surface area (Å²) < 4.78 is 0. The number of carbonyl (C=O) groups is 1. The largest absolute Gasteiger partial charge is 0.367 e. The smallest absolute Gasteiger partial charge is 0.233 e. The molecule has 1 heterocycles. The molecule has 94 valence electrons. The van der Waals surface area contributed by atoms with Crippen molar-refractivity contribution in [1.82, 2.24) is 15.6 Å². The zero-order chi connectivity index (χ0) is 12.3. The topological polar surface area (TPSA) is 56.9 Å². The van der Waals surface area contributed by atoms with Crippen molar-refractivity contribution in [1.29, 1.82) is 0 Å². The number of nitrogens with one attached hydrogen (secondary N) is 3. The van der Waals surface area contributed by atoms with Crippen LogP contribution in [0.3, 0.4) is 0 Å². The molecule has 17 heavy (non-hydrogen) atoms. The van der Waals surface area contributed by atoms with Gasteiger partial charge in [0, 0.05) is 30.4 Å². The van der Waals surface area contributed by atoms with Crippen LogP contribution < -0.4 is 10.6 Å². The summed E-state index contributed by atoms with van der Waals surface area (Å²) in [7, 11) is 0. The standard InChI is InChI=1S/C13H21N3O/c1-13(2,10-5-6-14-7-10)9-16-12(17)8-15-11-3-4-11/h5-7,11,14-15H,3-4,8-9H2,1-2H3,(H,16,17). The molecule has 0 aliphatic heterocycles. The predicted octanol–water partition coefficient (Wildman–Crippen LogP) is 1.16. The zero-order valence-electron chi connectivity index (χ0n) is 10.5. The molecule has 1 aliphatic carbocycles. The van der Waals surface area contributed by atoms with E-state index in [0.717, 1.165) is 0 Å². The second kappa shape index (κ2) is 4.92. The van der Waals surface area contributed by atoms with Crippen molar-refractivity contribution < 1.29 is 4.79 Å². The Bertz CT molecular complexity index is 366. The van der Waals surface area contributed by atoms with Crippen molar-refractivity contribution in [3.05, 3.63) is 24.0 Å². The normalized spacial score (nSPS) is 15.9. The van der Waals surface area contributed by atoms with E-state index in [-0.39, 0.29) is 11.3 Å². The molecule has 1 aromatic heterocycles. The van der Waals surface area contributed by atoms with Gasteiger partial charge in [-0.15, -0.1) is 0 Å². The molecule has 4 heteroatoms. The minimum absolute atomic E-state index is 0.0325. The molecule has 1 aromatic rings. The molecular weight excluding hydrogens is 214 g/mol. The van der Waals surface area contributed by atoms with Crippen LogP contribution in [-0.2, 0) is 10.2 Å². The van der Waals surface area contributed by atoms with Gasteiger partial charge in [0.15, 0.2) is 0 Å². The summed E-state index contributed by atoms with van der Waals surface area (Å²) in [5.41, 5.74) is 1.18. The van der Waals surface area contributed by atoms with E-state index < -0.39 is 0 Å². The van der Waals surface area contributed by atoms with E-state index in [9.17, 15) is 4.79 Å². The Morgan fingerprint density at radius 2 is 2.29 bits per heavy atom. The summed E-state index contributed by atoms with van der Waals surface area (Å²) in [5, 5.41) is 6.19. The third kappa shape index (κ3) is 3.60. The van der Waals surface area contributed by atoms with Crippen LogP contribution >= 0.6 is 0 Å². The lowest BCUT2D eigenvalue weighted by molar-refractivity contribution is -0.120. The highest BCUT2D eigenvalue weighted by Crippen LogP contribution is 2.21. The lowest BCUT2D eigenvalue weighted by Crippen LogP contribution is -2.41. The number of aromatic nitrogens is 1. The molecule has 3 N–H and O–H groups in total. The van der Waals surface area contributed by atoms with Crippen molar-refractivity contribution in [2.45, 2.75) is 38.1 Å². The van der Waals surface area contributed by atoms with Crippen LogP contribution in [0.15, 0.2) is 18.5 Å². The molecule has 1 amide bonds. The Hall–Kier alpha value is -1.29. The van der Waals surface area contributed by atoms with Gasteiger partial charge in [0.2, 0.25) is 5.91 Å². The fraction of sp³-hybridized carbons (Fsp3) is 0.615. The van der Waals surface area contributed by atoms with Crippen LogP contribution in [0, 0.1) is 0 Å². The van der Waals surface area contributed by atoms with Crippen LogP contribution in [0.25, 0.3) is 0 Å². The molecule has 2 rings (SSSR count). The summed E-state index contributed by atoms with van der Waals surface area (Å²) in [5.74, 6) is 0.0838. The van der Waals surface area contributed by atoms with E-state index >= 15 is 0 Å². The third-order valence-corrected chi connectivity index (χ3v) is 3.24. The van der Waals surface area contributed by atoms with E-state index in [1.165, 1.54) is 18.4 Å². The number of rotatable bonds is 6. The SMILES string of the molecule is CC(C)(CNC(=O)CNC1CC1)c1cc[nH]c1. The Morgan fingerprint density at radius 1 is 1.53 bits per heavy atom. The zero-order valence-corrected chi connectivity index (χ0v) is 10.5. The first-order valence-corrected chi connectivity index (χ1v) is 6.21. The average Bonchev–Trinajstić information content (AvgIpc) is 2.94. The lowest BCUT2D eigenvalue weighted by atomic mass is 9.86. The van der Waals surface area contributed by atoms with Crippen molar-refractivity contribution >= 4 is 5.91 Å². The van der Waals surface area contributed by atoms with Crippen LogP contribution in [0.5, 0.6) is 0 Å². The maximum absolute atomic E-state index is 11.6. The van der Waals surface area contributed by atoms with Crippen molar-refractivity contribution in [2.75, 3.05) is 13.1 Å². The van der Waals surface area contributed by atoms with Crippen LogP contribution in [-0.4, -0.2) is 30.0 Å². The Morgan fingerprint density at radius 3 is 2.88 bits per heavy atom. The van der Waals surface area contributed by atoms with E-state index in [1.54, 1.807) is 0 Å². The van der Waals surface area contributed by atoms with Crippen molar-refractivity contribution in [3.63, 3.8) is 0 Å². The predicted molar refractivity (Wildman–Crippen MR) is 67.9 cm³/mol. The quantitative estimate of drug-likeness (QED) is 0.693. The fourth-order valence-electron chi connectivity index (χ4n) is 1.75. The molecule has 1 saturated carbocycles. The molecule has 0 unspecified atom stereocenters. The Balaban J connectivity index is 1.74. The van der Waals surface area contributed by atoms with Crippen LogP contribution in [0.2, 0.25) is 0 Å². The van der Waals surface area contributed by atoms with E-state index in [2.05, 4.69) is 35.5 Å². The fourth-order valence-corrected chi connectivity index (χ4v) is 1.75. The molecule has 1 aliphatic rings. The number of amides is 1. The number of H-pyrrole nitrogens is 1. The van der Waals surface area contributed by atoms with Gasteiger partial charge in [0.1, 0.15) is 0 Å². The molecule has 1 fully saturated rings. The van der Waals surface area contributed by atoms with Crippen LogP contribution in [0.4, 0.5) is 0 Å². The van der Waals surface area contributed by atoms with Gasteiger partial charge >= 0.3 is 0 Å². The molecule has 0 atom stereocenters. The third-order valence-electron chi connectivity index (χ3n) is 3.24. The van der Waals surface area contributed by atoms with Gasteiger partial charge in [-0.25, -0.2) is 0 Å². The maximum atomic E-state index is 11.6. The van der Waals surface area contributed by atoms with E-state index in [0.29, 0.717) is 19.1 Å². The summed E-state index contributed by atoms with van der Waals surface area (Å²) >= 11 is 0. The average molecular weight is 235 g/mol. The molecular formula is C13H21N3O. The number of carbonyl (C=O) groups excluding carboxylic acids is 1. The Kier molecular flexibility index (Phi) is 3.52. The summed E-state index contributed by atoms with van der Waals surface area (Å²) in [4.78, 5) is 14.7. The molecule has 4 nitrogen and oxygen atoms in total. The van der Waals surface area contributed by atoms with Crippen molar-refractivity contribution in [3.8, 4) is 0 Å². The van der Waals surface area contributed by atoms with Gasteiger partial charge in [-0.3, -0.25) is 4.79 Å². The molecule has 0 radical (unpaired) electrons. The monoisotopic (exact) mass is 235 g/mol. The van der Waals surface area contributed by atoms with Gasteiger partial charge in [0.05, 0.1) is 6.54 Å². The molecule has 0 spiro atoms. The lowest BCUT2D eigenvalue weighted by Gasteiger charge is -2.24. The van der Waals surface area contributed by atoms with Gasteiger partial charge in [-0.1, -0.05) is 13.8 Å². The summed E-state index contributed by atoms with van der Waals surface area (Å²) in [6.07, 6.45) is 6.31. The number of hydrogen-bond donors (Lipinski definition) is 3. The van der Waals surface area contributed by atoms with Crippen molar-refractivity contribution in [2.24, 2.45) is 0 Å². The highest BCUT2D eigenvalue weighted by Gasteiger charge is 2.23. The number of aromatic amines is 1. The van der Waals surface area contributed by atoms with Crippen LogP contribution in [0.1, 0.15) is 32.3 Å². The summed E-state index contributed by atoms with van der Waals surface area (Å²) in [6, 6.07) is 2.63. The Labute approximate surface area is 102 Å². The van der Waals surface area contributed by atoms with Gasteiger partial charge in [-0.05, 0) is 24.5 Å². The minimum Gasteiger partial charge on any atom is -0.367 e. The summed E-state index contributed by atoms with van der Waals surface area (Å²) in [6.45, 7) is 5.36. The second-order valence-electron chi connectivity index (χ2n) is 5.42. The van der Waals surface area contributed by atoms with Gasteiger partial charge < -0.3 is 15.6 Å². The maximum Gasteiger partial charge on any atom is 0.233 e. The first-order chi connectivity index (χ1) is 8.08. The molecule has 0 saturated heterocycles. The highest BCUT2D eigenvalue weighted by atomic mass is 16.1. The highest BCUT2D eigenvalue weighted by molar-refractivity contribution is 5.78. The minimum atomic E-state index is -0.0325. The first-order valence-electron chi connectivity index (χ1n) is 6.21. The van der Waals surface area contributed by atoms with E-state index in [4.69, 9.17) is 0 Å².